The second-order valence-electron chi connectivity index (χ2n) is 7.05. The van der Waals surface area contributed by atoms with Crippen LogP contribution in [0, 0.1) is 20.8 Å². The molecule has 3 rings (SSSR count). The first kappa shape index (κ1) is 21.4. The SMILES string of the molecule is Cc1ccc(C(=O)N(CCN(C)C)c2nc3ccc(C)cc3s2)c(C)c1.Cl. The number of aromatic nitrogens is 1. The maximum atomic E-state index is 13.3. The third-order valence-electron chi connectivity index (χ3n) is 4.39. The fraction of sp³-hybridized carbons (Fsp3) is 0.333. The van der Waals surface area contributed by atoms with Gasteiger partial charge in [0.15, 0.2) is 5.13 Å². The number of benzene rings is 2. The Morgan fingerprint density at radius 3 is 2.33 bits per heavy atom. The van der Waals surface area contributed by atoms with Gasteiger partial charge < -0.3 is 4.90 Å². The third kappa shape index (κ3) is 4.86. The molecule has 0 spiro atoms. The van der Waals surface area contributed by atoms with Gasteiger partial charge in [0, 0.05) is 18.7 Å². The lowest BCUT2D eigenvalue weighted by molar-refractivity contribution is 0.0984. The van der Waals surface area contributed by atoms with E-state index in [4.69, 9.17) is 4.98 Å². The van der Waals surface area contributed by atoms with E-state index in [0.29, 0.717) is 6.54 Å². The first-order chi connectivity index (χ1) is 12.3. The molecule has 2 aromatic carbocycles. The minimum absolute atomic E-state index is 0. The highest BCUT2D eigenvalue weighted by Gasteiger charge is 2.22. The van der Waals surface area contributed by atoms with Gasteiger partial charge in [-0.25, -0.2) is 4.98 Å². The molecular weight excluding hydrogens is 378 g/mol. The van der Waals surface area contributed by atoms with Gasteiger partial charge in [-0.1, -0.05) is 35.1 Å². The molecule has 3 aromatic rings. The molecule has 1 amide bonds. The van der Waals surface area contributed by atoms with E-state index >= 15 is 0 Å². The van der Waals surface area contributed by atoms with Crippen molar-refractivity contribution in [3.8, 4) is 0 Å². The van der Waals surface area contributed by atoms with Crippen molar-refractivity contribution in [1.29, 1.82) is 0 Å². The summed E-state index contributed by atoms with van der Waals surface area (Å²) in [6.45, 7) is 7.50. The van der Waals surface area contributed by atoms with E-state index in [1.54, 1.807) is 11.3 Å². The molecule has 144 valence electrons. The smallest absolute Gasteiger partial charge is 0.260 e. The highest BCUT2D eigenvalue weighted by molar-refractivity contribution is 7.22. The number of carbonyl (C=O) groups is 1. The number of halogens is 1. The van der Waals surface area contributed by atoms with Gasteiger partial charge in [-0.2, -0.15) is 0 Å². The molecule has 0 saturated heterocycles. The highest BCUT2D eigenvalue weighted by atomic mass is 35.5. The lowest BCUT2D eigenvalue weighted by Crippen LogP contribution is -2.37. The van der Waals surface area contributed by atoms with E-state index in [9.17, 15) is 4.79 Å². The van der Waals surface area contributed by atoms with Gasteiger partial charge in [0.1, 0.15) is 0 Å². The van der Waals surface area contributed by atoms with Crippen LogP contribution in [0.1, 0.15) is 27.0 Å². The van der Waals surface area contributed by atoms with Crippen LogP contribution in [-0.2, 0) is 0 Å². The predicted octanol–water partition coefficient (Wildman–Crippen LogP) is 4.85. The van der Waals surface area contributed by atoms with Crippen LogP contribution >= 0.6 is 23.7 Å². The summed E-state index contributed by atoms with van der Waals surface area (Å²) in [5, 5.41) is 0.762. The first-order valence-electron chi connectivity index (χ1n) is 8.76. The molecule has 0 N–H and O–H groups in total. The predicted molar refractivity (Wildman–Crippen MR) is 118 cm³/mol. The van der Waals surface area contributed by atoms with E-state index in [1.165, 1.54) is 5.56 Å². The summed E-state index contributed by atoms with van der Waals surface area (Å²) in [4.78, 5) is 21.9. The van der Waals surface area contributed by atoms with E-state index in [0.717, 1.165) is 38.6 Å². The van der Waals surface area contributed by atoms with Gasteiger partial charge >= 0.3 is 0 Å². The molecule has 0 radical (unpaired) electrons. The molecule has 0 bridgehead atoms. The summed E-state index contributed by atoms with van der Waals surface area (Å²) >= 11 is 1.58. The van der Waals surface area contributed by atoms with E-state index < -0.39 is 0 Å². The standard InChI is InChI=1S/C21H25N3OS.ClH/c1-14-6-8-17(16(3)12-14)20(25)24(11-10-23(4)5)21-22-18-9-7-15(2)13-19(18)26-21;/h6-9,12-13H,10-11H2,1-5H3;1H. The fourth-order valence-electron chi connectivity index (χ4n) is 2.92. The Kier molecular flexibility index (Phi) is 6.98. The Labute approximate surface area is 171 Å². The molecule has 6 heteroatoms. The molecule has 1 heterocycles. The number of nitrogens with zero attached hydrogens (tertiary/aromatic N) is 3. The van der Waals surface area contributed by atoms with Crippen LogP contribution in [0.4, 0.5) is 5.13 Å². The summed E-state index contributed by atoms with van der Waals surface area (Å²) in [6, 6.07) is 12.2. The number of fused-ring (bicyclic) bond motifs is 1. The normalized spacial score (nSPS) is 10.9. The molecule has 4 nitrogen and oxygen atoms in total. The molecule has 0 aliphatic carbocycles. The maximum Gasteiger partial charge on any atom is 0.260 e. The molecule has 0 aliphatic rings. The summed E-state index contributed by atoms with van der Waals surface area (Å²) in [5.74, 6) is 0.0140. The Hall–Kier alpha value is -1.95. The number of hydrogen-bond donors (Lipinski definition) is 0. The maximum absolute atomic E-state index is 13.3. The topological polar surface area (TPSA) is 36.4 Å². The Bertz CT molecular complexity index is 952. The van der Waals surface area contributed by atoms with Crippen molar-refractivity contribution >= 4 is 45.0 Å². The highest BCUT2D eigenvalue weighted by Crippen LogP contribution is 2.30. The van der Waals surface area contributed by atoms with Crippen LogP contribution in [0.25, 0.3) is 10.2 Å². The minimum atomic E-state index is 0. The number of likely N-dealkylation sites (N-methyl/N-ethyl adjacent to an activating group) is 1. The first-order valence-corrected chi connectivity index (χ1v) is 9.58. The molecule has 0 atom stereocenters. The Morgan fingerprint density at radius 1 is 1.00 bits per heavy atom. The van der Waals surface area contributed by atoms with Gasteiger partial charge in [0.2, 0.25) is 0 Å². The van der Waals surface area contributed by atoms with Crippen molar-refractivity contribution in [2.75, 3.05) is 32.1 Å². The second kappa shape index (κ2) is 8.83. The summed E-state index contributed by atoms with van der Waals surface area (Å²) in [5.41, 5.74) is 5.05. The van der Waals surface area contributed by atoms with Crippen LogP contribution in [0.2, 0.25) is 0 Å². The fourth-order valence-corrected chi connectivity index (χ4v) is 4.01. The average Bonchev–Trinajstić information content (AvgIpc) is 2.97. The number of rotatable bonds is 5. The van der Waals surface area contributed by atoms with Crippen molar-refractivity contribution < 1.29 is 4.79 Å². The number of anilines is 1. The van der Waals surface area contributed by atoms with Crippen LogP contribution in [-0.4, -0.2) is 43.0 Å². The summed E-state index contributed by atoms with van der Waals surface area (Å²) < 4.78 is 1.11. The average molecular weight is 404 g/mol. The monoisotopic (exact) mass is 403 g/mol. The van der Waals surface area contributed by atoms with Crippen LogP contribution in [0.3, 0.4) is 0 Å². The molecule has 0 aliphatic heterocycles. The van der Waals surface area contributed by atoms with E-state index in [2.05, 4.69) is 30.0 Å². The Balaban J connectivity index is 0.00000261. The molecule has 0 unspecified atom stereocenters. The lowest BCUT2D eigenvalue weighted by atomic mass is 10.0. The molecule has 1 aromatic heterocycles. The Morgan fingerprint density at radius 2 is 1.67 bits per heavy atom. The molecule has 0 fully saturated rings. The number of thiazole rings is 1. The number of hydrogen-bond acceptors (Lipinski definition) is 4. The van der Waals surface area contributed by atoms with Crippen molar-refractivity contribution in [1.82, 2.24) is 9.88 Å². The van der Waals surface area contributed by atoms with Crippen molar-refractivity contribution in [2.24, 2.45) is 0 Å². The van der Waals surface area contributed by atoms with Gasteiger partial charge in [0.25, 0.3) is 5.91 Å². The summed E-state index contributed by atoms with van der Waals surface area (Å²) in [6.07, 6.45) is 0. The molecule has 0 saturated carbocycles. The molecule has 27 heavy (non-hydrogen) atoms. The van der Waals surface area contributed by atoms with Crippen LogP contribution in [0.15, 0.2) is 36.4 Å². The largest absolute Gasteiger partial charge is 0.308 e. The summed E-state index contributed by atoms with van der Waals surface area (Å²) in [7, 11) is 4.03. The van der Waals surface area contributed by atoms with Gasteiger partial charge in [0.05, 0.1) is 10.2 Å². The number of aryl methyl sites for hydroxylation is 3. The number of carbonyl (C=O) groups excluding carboxylic acids is 1. The zero-order chi connectivity index (χ0) is 18.8. The lowest BCUT2D eigenvalue weighted by Gasteiger charge is -2.22. The van der Waals surface area contributed by atoms with Gasteiger partial charge in [-0.05, 0) is 64.2 Å². The van der Waals surface area contributed by atoms with Crippen molar-refractivity contribution in [2.45, 2.75) is 20.8 Å². The third-order valence-corrected chi connectivity index (χ3v) is 5.43. The van der Waals surface area contributed by atoms with Crippen LogP contribution < -0.4 is 4.90 Å². The number of amides is 1. The van der Waals surface area contributed by atoms with Crippen LogP contribution in [0.5, 0.6) is 0 Å². The van der Waals surface area contributed by atoms with E-state index in [1.807, 2.05) is 51.0 Å². The molecular formula is C21H26ClN3OS. The second-order valence-corrected chi connectivity index (χ2v) is 8.06. The zero-order valence-electron chi connectivity index (χ0n) is 16.4. The van der Waals surface area contributed by atoms with Crippen molar-refractivity contribution in [3.63, 3.8) is 0 Å². The quantitative estimate of drug-likeness (QED) is 0.610. The van der Waals surface area contributed by atoms with Crippen molar-refractivity contribution in [3.05, 3.63) is 58.7 Å². The van der Waals surface area contributed by atoms with E-state index in [-0.39, 0.29) is 18.3 Å². The van der Waals surface area contributed by atoms with Gasteiger partial charge in [-0.3, -0.25) is 9.69 Å². The zero-order valence-corrected chi connectivity index (χ0v) is 18.1. The van der Waals surface area contributed by atoms with Gasteiger partial charge in [-0.15, -0.1) is 12.4 Å². The minimum Gasteiger partial charge on any atom is -0.308 e.